The van der Waals surface area contributed by atoms with E-state index in [-0.39, 0.29) is 35.3 Å². The van der Waals surface area contributed by atoms with Gasteiger partial charge in [-0.3, -0.25) is 4.79 Å². The van der Waals surface area contributed by atoms with Crippen LogP contribution in [-0.2, 0) is 27.8 Å². The van der Waals surface area contributed by atoms with Crippen molar-refractivity contribution in [1.82, 2.24) is 0 Å². The minimum absolute atomic E-state index is 0.0762. The van der Waals surface area contributed by atoms with Crippen LogP contribution in [0.2, 0.25) is 0 Å². The van der Waals surface area contributed by atoms with Crippen LogP contribution < -0.4 is 16.2 Å². The monoisotopic (exact) mass is 767 g/mol. The maximum Gasteiger partial charge on any atom is 0.307 e. The van der Waals surface area contributed by atoms with E-state index in [0.717, 1.165) is 93.9 Å². The molecule has 0 aliphatic heterocycles. The summed E-state index contributed by atoms with van der Waals surface area (Å²) in [6, 6.07) is 22.8. The molecule has 0 amide bonds. The minimum atomic E-state index is -0.742. The maximum atomic E-state index is 13.6. The lowest BCUT2D eigenvalue weighted by atomic mass is 9.47. The number of phenolic OH excluding ortho intramolecular Hbond substituents is 1. The van der Waals surface area contributed by atoms with Crippen molar-refractivity contribution in [1.29, 1.82) is 0 Å². The first-order valence-electron chi connectivity index (χ1n) is 21.9. The molecule has 5 aliphatic rings. The number of fused-ring (bicyclic) bond motifs is 3. The molecule has 57 heavy (non-hydrogen) atoms. The molecule has 8 rings (SSSR count). The SMILES string of the molecule is NCCC1=C[C@@H]([C@@H](C=O)CCCCC[C@@H]2C/C=C/C[C@H](C(=O)O)[C@]34C[C@@H]5C(O)=c6ccccc6=C[C@@H]5C[C@H]3CCc3ccc(cc34)C[C@@H]2c2ccc(O)cc2)CC1. The summed E-state index contributed by atoms with van der Waals surface area (Å²) in [5.41, 5.74) is 11.5. The summed E-state index contributed by atoms with van der Waals surface area (Å²) in [6.07, 6.45) is 24.0. The van der Waals surface area contributed by atoms with Gasteiger partial charge in [0.1, 0.15) is 17.8 Å². The van der Waals surface area contributed by atoms with E-state index in [1.165, 1.54) is 34.1 Å². The highest BCUT2D eigenvalue weighted by atomic mass is 16.4. The third-order valence-electron chi connectivity index (χ3n) is 15.1. The van der Waals surface area contributed by atoms with Gasteiger partial charge in [-0.05, 0) is 153 Å². The lowest BCUT2D eigenvalue weighted by Crippen LogP contribution is -2.55. The molecule has 0 heterocycles. The number of carbonyl (C=O) groups excluding carboxylic acids is 1. The molecule has 6 heteroatoms. The van der Waals surface area contributed by atoms with Crippen molar-refractivity contribution in [2.24, 2.45) is 47.2 Å². The summed E-state index contributed by atoms with van der Waals surface area (Å²) < 4.78 is 0. The third-order valence-corrected chi connectivity index (χ3v) is 15.1. The second-order valence-corrected chi connectivity index (χ2v) is 18.1. The molecular weight excluding hydrogens is 707 g/mol. The fourth-order valence-electron chi connectivity index (χ4n) is 12.2. The first-order chi connectivity index (χ1) is 27.8. The normalized spacial score (nSPS) is 30.2. The number of unbranched alkanes of at least 4 members (excludes halogenated alkanes) is 2. The Morgan fingerprint density at radius 3 is 2.54 bits per heavy atom. The number of aromatic hydroxyl groups is 1. The van der Waals surface area contributed by atoms with Crippen molar-refractivity contribution >= 4 is 24.1 Å². The van der Waals surface area contributed by atoms with Gasteiger partial charge in [-0.1, -0.05) is 104 Å². The molecule has 2 bridgehead atoms. The Kier molecular flexibility index (Phi) is 11.9. The number of carboxylic acid groups (broad SMARTS) is 1. The molecule has 5 aliphatic carbocycles. The van der Waals surface area contributed by atoms with E-state index < -0.39 is 17.3 Å². The van der Waals surface area contributed by atoms with Crippen molar-refractivity contribution in [3.63, 3.8) is 0 Å². The average Bonchev–Trinajstić information content (AvgIpc) is 3.68. The van der Waals surface area contributed by atoms with Crippen LogP contribution in [-0.4, -0.2) is 34.1 Å². The highest BCUT2D eigenvalue weighted by Crippen LogP contribution is 2.60. The van der Waals surface area contributed by atoms with E-state index in [1.807, 2.05) is 18.2 Å². The highest BCUT2D eigenvalue weighted by molar-refractivity contribution is 5.74. The number of benzene rings is 3. The number of carbonyl (C=O) groups is 2. The predicted molar refractivity (Wildman–Crippen MR) is 227 cm³/mol. The van der Waals surface area contributed by atoms with E-state index >= 15 is 0 Å². The third kappa shape index (κ3) is 7.91. The van der Waals surface area contributed by atoms with Crippen molar-refractivity contribution in [3.8, 4) is 5.75 Å². The van der Waals surface area contributed by atoms with Crippen LogP contribution in [0.1, 0.15) is 112 Å². The second-order valence-electron chi connectivity index (χ2n) is 18.1. The molecule has 6 nitrogen and oxygen atoms in total. The standard InChI is InChI=1S/C51H61NO5/c52-25-24-33-14-17-38(26-33)40(32-53)11-3-1-2-8-35-9-5-7-13-47(50(56)57)51-31-46-41(29-39-10-4-6-12-44(39)49(46)55)30-42(51)21-18-37-16-15-34(28-48(37)51)27-45(35)36-19-22-43(54)23-20-36/h4-7,10,12,15-16,19-20,22-23,26,28-29,32,35,38,40-42,45-47,54-55H,1-3,8-9,11,13-14,17-18,21,24-25,27,30-31,52H2,(H,56,57)/b7-5+/t35-,38+,40-,41-,42-,45+,46+,47-,51+/m1/s1. The second kappa shape index (κ2) is 17.2. The molecule has 3 aromatic rings. The molecule has 1 spiro atoms. The summed E-state index contributed by atoms with van der Waals surface area (Å²) in [7, 11) is 0. The zero-order valence-electron chi connectivity index (χ0n) is 33.4. The van der Waals surface area contributed by atoms with Gasteiger partial charge in [-0.25, -0.2) is 0 Å². The van der Waals surface area contributed by atoms with Gasteiger partial charge in [0.25, 0.3) is 0 Å². The lowest BCUT2D eigenvalue weighted by Gasteiger charge is -2.56. The number of phenols is 1. The van der Waals surface area contributed by atoms with Crippen molar-refractivity contribution in [3.05, 3.63) is 123 Å². The molecular formula is C51H61NO5. The molecule has 300 valence electrons. The number of aryl methyl sites for hydroxylation is 1. The predicted octanol–water partition coefficient (Wildman–Crippen LogP) is 8.82. The summed E-state index contributed by atoms with van der Waals surface area (Å²) in [5, 5.41) is 35.3. The zero-order valence-corrected chi connectivity index (χ0v) is 33.4. The summed E-state index contributed by atoms with van der Waals surface area (Å²) in [4.78, 5) is 25.8. The Balaban J connectivity index is 1.09. The van der Waals surface area contributed by atoms with Gasteiger partial charge in [0.05, 0.1) is 5.92 Å². The fraction of sp³-hybridized carbons (Fsp3) is 0.490. The molecule has 0 saturated heterocycles. The lowest BCUT2D eigenvalue weighted by molar-refractivity contribution is -0.147. The number of hydrogen-bond acceptors (Lipinski definition) is 5. The number of aliphatic carboxylic acids is 1. The van der Waals surface area contributed by atoms with Crippen molar-refractivity contribution in [2.45, 2.75) is 108 Å². The van der Waals surface area contributed by atoms with Crippen LogP contribution in [0.4, 0.5) is 0 Å². The van der Waals surface area contributed by atoms with Crippen LogP contribution in [0.3, 0.4) is 0 Å². The number of nitrogens with two attached hydrogens (primary N) is 1. The van der Waals surface area contributed by atoms with E-state index in [9.17, 15) is 24.9 Å². The summed E-state index contributed by atoms with van der Waals surface area (Å²) in [6.45, 7) is 0.666. The largest absolute Gasteiger partial charge is 0.511 e. The van der Waals surface area contributed by atoms with Crippen LogP contribution in [0.15, 0.2) is 90.5 Å². The Bertz CT molecular complexity index is 2120. The average molecular weight is 768 g/mol. The number of hydrogen-bond donors (Lipinski definition) is 4. The first kappa shape index (κ1) is 39.4. The van der Waals surface area contributed by atoms with Gasteiger partial charge in [0.15, 0.2) is 0 Å². The van der Waals surface area contributed by atoms with E-state index in [4.69, 9.17) is 5.73 Å². The number of aliphatic hydroxyl groups excluding tert-OH is 1. The van der Waals surface area contributed by atoms with E-state index in [2.05, 4.69) is 60.7 Å². The Hall–Kier alpha value is -4.42. The number of allylic oxidation sites excluding steroid dienone is 3. The van der Waals surface area contributed by atoms with Crippen molar-refractivity contribution in [2.75, 3.05) is 6.54 Å². The minimum Gasteiger partial charge on any atom is -0.511 e. The molecule has 1 saturated carbocycles. The first-order valence-corrected chi connectivity index (χ1v) is 21.9. The van der Waals surface area contributed by atoms with Gasteiger partial charge in [-0.15, -0.1) is 0 Å². The van der Waals surface area contributed by atoms with Gasteiger partial charge < -0.3 is 25.8 Å². The summed E-state index contributed by atoms with van der Waals surface area (Å²) in [5.74, 6) is 0.560. The maximum absolute atomic E-state index is 13.6. The van der Waals surface area contributed by atoms with Crippen LogP contribution >= 0.6 is 0 Å². The molecule has 5 N–H and O–H groups in total. The van der Waals surface area contributed by atoms with Gasteiger partial charge >= 0.3 is 5.97 Å². The van der Waals surface area contributed by atoms with Gasteiger partial charge in [0, 0.05) is 22.5 Å². The Labute approximate surface area is 338 Å². The number of aldehydes is 1. The topological polar surface area (TPSA) is 121 Å². The molecule has 0 unspecified atom stereocenters. The fourth-order valence-corrected chi connectivity index (χ4v) is 12.2. The number of rotatable bonds is 12. The molecule has 0 radical (unpaired) electrons. The molecule has 9 atom stereocenters. The highest BCUT2D eigenvalue weighted by Gasteiger charge is 2.57. The van der Waals surface area contributed by atoms with Crippen LogP contribution in [0.25, 0.3) is 11.8 Å². The van der Waals surface area contributed by atoms with Gasteiger partial charge in [-0.2, -0.15) is 0 Å². The van der Waals surface area contributed by atoms with Crippen LogP contribution in [0, 0.1) is 41.4 Å². The molecule has 3 aromatic carbocycles. The smallest absolute Gasteiger partial charge is 0.307 e. The van der Waals surface area contributed by atoms with Gasteiger partial charge in [0.2, 0.25) is 0 Å². The Morgan fingerprint density at radius 1 is 0.912 bits per heavy atom. The van der Waals surface area contributed by atoms with Crippen LogP contribution in [0.5, 0.6) is 5.75 Å². The Morgan fingerprint density at radius 2 is 1.74 bits per heavy atom. The number of aliphatic hydroxyl groups is 1. The quantitative estimate of drug-likeness (QED) is 0.0831. The summed E-state index contributed by atoms with van der Waals surface area (Å²) >= 11 is 0. The van der Waals surface area contributed by atoms with E-state index in [0.29, 0.717) is 37.0 Å². The molecule has 0 aromatic heterocycles. The van der Waals surface area contributed by atoms with Crippen molar-refractivity contribution < 1.29 is 24.9 Å². The molecule has 1 fully saturated rings. The zero-order chi connectivity index (χ0) is 39.5. The van der Waals surface area contributed by atoms with E-state index in [1.54, 1.807) is 12.1 Å². The number of carboxylic acids is 1.